The fraction of sp³-hybridized carbons (Fsp3) is 0.0625. The van der Waals surface area contributed by atoms with Crippen molar-refractivity contribution in [2.24, 2.45) is 0 Å². The Morgan fingerprint density at radius 3 is 2.74 bits per heavy atom. The predicted octanol–water partition coefficient (Wildman–Crippen LogP) is 4.14. The highest BCUT2D eigenvalue weighted by atomic mass is 35.5. The van der Waals surface area contributed by atoms with E-state index in [1.165, 1.54) is 0 Å². The van der Waals surface area contributed by atoms with Gasteiger partial charge in [0.25, 0.3) is 5.91 Å². The standard InChI is InChI=1S/C16H12ClNO/c1-10-4-2-3-5-11(10)8-14-13-7-6-12(17)9-15(13)18-16(14)19/h2-9H,1H3,(H,18,19)/b14-8+. The minimum atomic E-state index is -0.0829. The Kier molecular flexibility index (Phi) is 2.88. The van der Waals surface area contributed by atoms with Crippen LogP contribution in [0.3, 0.4) is 0 Å². The van der Waals surface area contributed by atoms with Gasteiger partial charge in [-0.25, -0.2) is 0 Å². The van der Waals surface area contributed by atoms with E-state index in [1.54, 1.807) is 12.1 Å². The number of carbonyl (C=O) groups is 1. The SMILES string of the molecule is Cc1ccccc1/C=C1/C(=O)Nc2cc(Cl)ccc21. The van der Waals surface area contributed by atoms with Gasteiger partial charge < -0.3 is 5.32 Å². The minimum Gasteiger partial charge on any atom is -0.321 e. The first-order valence-electron chi connectivity index (χ1n) is 6.04. The Balaban J connectivity index is 2.12. The molecule has 3 heteroatoms. The average molecular weight is 270 g/mol. The number of hydrogen-bond donors (Lipinski definition) is 1. The van der Waals surface area contributed by atoms with Gasteiger partial charge in [-0.15, -0.1) is 0 Å². The van der Waals surface area contributed by atoms with E-state index in [9.17, 15) is 4.79 Å². The molecule has 1 N–H and O–H groups in total. The number of nitrogens with one attached hydrogen (secondary N) is 1. The number of amides is 1. The maximum absolute atomic E-state index is 12.0. The summed E-state index contributed by atoms with van der Waals surface area (Å²) in [4.78, 5) is 12.0. The van der Waals surface area contributed by atoms with Crippen LogP contribution in [-0.4, -0.2) is 5.91 Å². The quantitative estimate of drug-likeness (QED) is 0.775. The van der Waals surface area contributed by atoms with Crippen molar-refractivity contribution in [3.8, 4) is 0 Å². The molecular formula is C16H12ClNO. The molecule has 3 rings (SSSR count). The maximum atomic E-state index is 12.0. The smallest absolute Gasteiger partial charge is 0.256 e. The molecule has 0 fully saturated rings. The molecule has 19 heavy (non-hydrogen) atoms. The lowest BCUT2D eigenvalue weighted by molar-refractivity contribution is -0.110. The van der Waals surface area contributed by atoms with Gasteiger partial charge in [-0.3, -0.25) is 4.79 Å². The van der Waals surface area contributed by atoms with Gasteiger partial charge in [0.15, 0.2) is 0 Å². The number of halogens is 1. The summed E-state index contributed by atoms with van der Waals surface area (Å²) >= 11 is 5.93. The summed E-state index contributed by atoms with van der Waals surface area (Å²) in [5, 5.41) is 3.46. The number of carbonyl (C=O) groups excluding carboxylic acids is 1. The van der Waals surface area contributed by atoms with Gasteiger partial charge >= 0.3 is 0 Å². The van der Waals surface area contributed by atoms with Gasteiger partial charge in [0, 0.05) is 16.2 Å². The van der Waals surface area contributed by atoms with Crippen molar-refractivity contribution in [2.45, 2.75) is 6.92 Å². The molecule has 2 aromatic carbocycles. The molecule has 1 amide bonds. The Bertz CT molecular complexity index is 704. The highest BCUT2D eigenvalue weighted by molar-refractivity contribution is 6.36. The van der Waals surface area contributed by atoms with E-state index in [0.29, 0.717) is 10.6 Å². The van der Waals surface area contributed by atoms with Gasteiger partial charge in [-0.1, -0.05) is 41.9 Å². The van der Waals surface area contributed by atoms with Gasteiger partial charge in [0.1, 0.15) is 0 Å². The second-order valence-corrected chi connectivity index (χ2v) is 5.00. The van der Waals surface area contributed by atoms with Crippen LogP contribution in [0.1, 0.15) is 16.7 Å². The topological polar surface area (TPSA) is 29.1 Å². The molecule has 0 spiro atoms. The fourth-order valence-electron chi connectivity index (χ4n) is 2.21. The molecule has 0 atom stereocenters. The summed E-state index contributed by atoms with van der Waals surface area (Å²) in [6.45, 7) is 2.03. The van der Waals surface area contributed by atoms with Crippen molar-refractivity contribution in [3.05, 3.63) is 64.2 Å². The van der Waals surface area contributed by atoms with Crippen LogP contribution in [0.25, 0.3) is 11.6 Å². The number of aryl methyl sites for hydroxylation is 1. The van der Waals surface area contributed by atoms with Crippen molar-refractivity contribution in [2.75, 3.05) is 5.32 Å². The van der Waals surface area contributed by atoms with Crippen LogP contribution in [0.2, 0.25) is 5.02 Å². The number of hydrogen-bond acceptors (Lipinski definition) is 1. The minimum absolute atomic E-state index is 0.0829. The predicted molar refractivity (Wildman–Crippen MR) is 79.1 cm³/mol. The van der Waals surface area contributed by atoms with E-state index in [2.05, 4.69) is 5.32 Å². The lowest BCUT2D eigenvalue weighted by atomic mass is 10.0. The van der Waals surface area contributed by atoms with Crippen LogP contribution in [-0.2, 0) is 4.79 Å². The molecular weight excluding hydrogens is 258 g/mol. The number of rotatable bonds is 1. The van der Waals surface area contributed by atoms with E-state index in [4.69, 9.17) is 11.6 Å². The Morgan fingerprint density at radius 1 is 1.16 bits per heavy atom. The number of benzene rings is 2. The van der Waals surface area contributed by atoms with E-state index in [0.717, 1.165) is 22.4 Å². The molecule has 94 valence electrons. The average Bonchev–Trinajstić information content (AvgIpc) is 2.68. The van der Waals surface area contributed by atoms with Crippen LogP contribution >= 0.6 is 11.6 Å². The summed E-state index contributed by atoms with van der Waals surface area (Å²) in [6.07, 6.45) is 1.92. The summed E-state index contributed by atoms with van der Waals surface area (Å²) in [7, 11) is 0. The highest BCUT2D eigenvalue weighted by Crippen LogP contribution is 2.35. The van der Waals surface area contributed by atoms with E-state index >= 15 is 0 Å². The third-order valence-corrected chi connectivity index (χ3v) is 3.49. The molecule has 0 unspecified atom stereocenters. The van der Waals surface area contributed by atoms with E-state index in [-0.39, 0.29) is 5.91 Å². The first kappa shape index (κ1) is 12.0. The van der Waals surface area contributed by atoms with Crippen molar-refractivity contribution in [3.63, 3.8) is 0 Å². The summed E-state index contributed by atoms with van der Waals surface area (Å²) in [6, 6.07) is 13.4. The normalized spacial score (nSPS) is 15.5. The van der Waals surface area contributed by atoms with Crippen LogP contribution in [0.4, 0.5) is 5.69 Å². The van der Waals surface area contributed by atoms with Gasteiger partial charge in [0.05, 0.1) is 5.69 Å². The van der Waals surface area contributed by atoms with Gasteiger partial charge in [0.2, 0.25) is 0 Å². The summed E-state index contributed by atoms with van der Waals surface area (Å²) in [5.41, 5.74) is 4.55. The van der Waals surface area contributed by atoms with E-state index < -0.39 is 0 Å². The van der Waals surface area contributed by atoms with Crippen LogP contribution < -0.4 is 5.32 Å². The second kappa shape index (κ2) is 4.56. The van der Waals surface area contributed by atoms with Crippen molar-refractivity contribution in [1.29, 1.82) is 0 Å². The van der Waals surface area contributed by atoms with Crippen LogP contribution in [0, 0.1) is 6.92 Å². The molecule has 0 aromatic heterocycles. The molecule has 2 nitrogen and oxygen atoms in total. The van der Waals surface area contributed by atoms with Crippen molar-refractivity contribution < 1.29 is 4.79 Å². The first-order chi connectivity index (χ1) is 9.15. The Labute approximate surface area is 116 Å². The molecule has 0 aliphatic carbocycles. The molecule has 1 aliphatic rings. The molecule has 0 saturated carbocycles. The monoisotopic (exact) mass is 269 g/mol. The number of fused-ring (bicyclic) bond motifs is 1. The number of anilines is 1. The second-order valence-electron chi connectivity index (χ2n) is 4.56. The van der Waals surface area contributed by atoms with Crippen LogP contribution in [0.15, 0.2) is 42.5 Å². The fourth-order valence-corrected chi connectivity index (χ4v) is 2.39. The summed E-state index contributed by atoms with van der Waals surface area (Å²) < 4.78 is 0. The van der Waals surface area contributed by atoms with Crippen LogP contribution in [0.5, 0.6) is 0 Å². The van der Waals surface area contributed by atoms with E-state index in [1.807, 2.05) is 43.3 Å². The van der Waals surface area contributed by atoms with Gasteiger partial charge in [-0.2, -0.15) is 0 Å². The Hall–Kier alpha value is -2.06. The third-order valence-electron chi connectivity index (χ3n) is 3.25. The highest BCUT2D eigenvalue weighted by Gasteiger charge is 2.24. The van der Waals surface area contributed by atoms with Crippen molar-refractivity contribution >= 4 is 34.8 Å². The summed E-state index contributed by atoms with van der Waals surface area (Å²) in [5.74, 6) is -0.0829. The first-order valence-corrected chi connectivity index (χ1v) is 6.41. The molecule has 0 bridgehead atoms. The maximum Gasteiger partial charge on any atom is 0.256 e. The zero-order valence-electron chi connectivity index (χ0n) is 10.4. The zero-order chi connectivity index (χ0) is 13.4. The molecule has 1 heterocycles. The lowest BCUT2D eigenvalue weighted by Gasteiger charge is -2.02. The molecule has 0 saturated heterocycles. The largest absolute Gasteiger partial charge is 0.321 e. The van der Waals surface area contributed by atoms with Crippen molar-refractivity contribution in [1.82, 2.24) is 0 Å². The lowest BCUT2D eigenvalue weighted by Crippen LogP contribution is -2.03. The Morgan fingerprint density at radius 2 is 1.95 bits per heavy atom. The third kappa shape index (κ3) is 2.15. The zero-order valence-corrected chi connectivity index (χ0v) is 11.2. The molecule has 2 aromatic rings. The molecule has 0 radical (unpaired) electrons. The molecule has 1 aliphatic heterocycles. The van der Waals surface area contributed by atoms with Gasteiger partial charge in [-0.05, 0) is 36.3 Å².